The van der Waals surface area contributed by atoms with Crippen LogP contribution in [0, 0.1) is 5.92 Å². The zero-order valence-electron chi connectivity index (χ0n) is 19.0. The Hall–Kier alpha value is -2.82. The van der Waals surface area contributed by atoms with Crippen molar-refractivity contribution in [2.24, 2.45) is 10.9 Å². The first-order chi connectivity index (χ1) is 15.7. The monoisotopic (exact) mass is 478 g/mol. The van der Waals surface area contributed by atoms with Crippen LogP contribution in [-0.2, 0) is 30.4 Å². The molecule has 0 fully saturated rings. The number of amides is 2. The number of hydrogen-bond acceptors (Lipinski definition) is 9. The molecule has 2 amide bonds. The van der Waals surface area contributed by atoms with Crippen molar-refractivity contribution >= 4 is 36.3 Å². The van der Waals surface area contributed by atoms with Crippen molar-refractivity contribution in [2.45, 2.75) is 64.3 Å². The average Bonchev–Trinajstić information content (AvgIpc) is 3.40. The molecule has 0 radical (unpaired) electrons. The first-order valence-electron chi connectivity index (χ1n) is 10.9. The molecule has 0 aromatic carbocycles. The van der Waals surface area contributed by atoms with E-state index < -0.39 is 29.6 Å². The molecule has 2 aliphatic rings. The van der Waals surface area contributed by atoms with Gasteiger partial charge in [-0.3, -0.25) is 9.59 Å². The predicted molar refractivity (Wildman–Crippen MR) is 123 cm³/mol. The minimum absolute atomic E-state index is 0.0119. The van der Waals surface area contributed by atoms with Crippen LogP contribution >= 0.6 is 12.6 Å². The largest absolute Gasteiger partial charge is 0.473 e. The molecule has 4 bridgehead atoms. The summed E-state index contributed by atoms with van der Waals surface area (Å²) >= 11 is 4.18. The topological polar surface area (TPSA) is 132 Å². The number of carbonyl (C=O) groups excluding carboxylic acids is 3. The number of allylic oxidation sites excluding steroid dienone is 1. The summed E-state index contributed by atoms with van der Waals surface area (Å²) < 4.78 is 16.7. The molecular formula is C22H30N4O6S. The summed E-state index contributed by atoms with van der Waals surface area (Å²) in [4.78, 5) is 47.1. The zero-order chi connectivity index (χ0) is 24.0. The molecule has 0 saturated heterocycles. The van der Waals surface area contributed by atoms with E-state index in [0.717, 1.165) is 0 Å². The summed E-state index contributed by atoms with van der Waals surface area (Å²) in [7, 11) is 0. The maximum atomic E-state index is 13.1. The van der Waals surface area contributed by atoms with Gasteiger partial charge in [0.05, 0.1) is 6.54 Å². The molecule has 3 heterocycles. The number of carbonyl (C=O) groups is 3. The number of aromatic nitrogens is 1. The van der Waals surface area contributed by atoms with Gasteiger partial charge in [-0.25, -0.2) is 14.8 Å². The molecule has 0 aliphatic carbocycles. The number of aliphatic imine (C=N–C) groups is 1. The van der Waals surface area contributed by atoms with E-state index in [1.807, 2.05) is 19.9 Å². The van der Waals surface area contributed by atoms with Gasteiger partial charge in [0, 0.05) is 6.42 Å². The average molecular weight is 479 g/mol. The Bertz CT molecular complexity index is 943. The highest BCUT2D eigenvalue weighted by Crippen LogP contribution is 2.23. The third kappa shape index (κ3) is 6.37. The number of oxazole rings is 1. The van der Waals surface area contributed by atoms with E-state index in [9.17, 15) is 14.4 Å². The van der Waals surface area contributed by atoms with E-state index in [-0.39, 0.29) is 49.6 Å². The second-order valence-corrected chi connectivity index (χ2v) is 8.98. The van der Waals surface area contributed by atoms with Gasteiger partial charge >= 0.3 is 5.97 Å². The second-order valence-electron chi connectivity index (χ2n) is 8.53. The van der Waals surface area contributed by atoms with Crippen LogP contribution in [-0.4, -0.2) is 58.7 Å². The first kappa shape index (κ1) is 24.8. The molecule has 2 aliphatic heterocycles. The van der Waals surface area contributed by atoms with Crippen molar-refractivity contribution in [3.8, 4) is 0 Å². The molecule has 0 spiro atoms. The fourth-order valence-electron chi connectivity index (χ4n) is 3.31. The number of ether oxygens (including phenoxy) is 2. The summed E-state index contributed by atoms with van der Waals surface area (Å²) in [5, 5.41) is 5.50. The quantitative estimate of drug-likeness (QED) is 0.340. The third-order valence-corrected chi connectivity index (χ3v) is 5.57. The number of esters is 1. The van der Waals surface area contributed by atoms with E-state index in [1.165, 1.54) is 6.26 Å². The highest BCUT2D eigenvalue weighted by atomic mass is 32.1. The molecule has 0 unspecified atom stereocenters. The van der Waals surface area contributed by atoms with Crippen LogP contribution in [0.15, 0.2) is 27.8 Å². The molecule has 3 atom stereocenters. The van der Waals surface area contributed by atoms with E-state index in [1.54, 1.807) is 13.0 Å². The highest BCUT2D eigenvalue weighted by Gasteiger charge is 2.42. The molecular weight excluding hydrogens is 448 g/mol. The number of thiol groups is 1. The van der Waals surface area contributed by atoms with Crippen LogP contribution in [0.4, 0.5) is 0 Å². The van der Waals surface area contributed by atoms with Gasteiger partial charge in [0.2, 0.25) is 17.7 Å². The fourth-order valence-corrected chi connectivity index (χ4v) is 3.45. The van der Waals surface area contributed by atoms with Gasteiger partial charge in [-0.1, -0.05) is 19.9 Å². The number of rotatable bonds is 4. The lowest BCUT2D eigenvalue weighted by molar-refractivity contribution is -0.153. The van der Waals surface area contributed by atoms with Crippen LogP contribution in [0.2, 0.25) is 0 Å². The molecule has 0 saturated carbocycles. The Labute approximate surface area is 198 Å². The standard InChI is InChI=1S/C22H30N4O6S/c1-13(2)18-20(28)32-14(6-4-5-9-33)7-8-16(27)23-10-17-24-15(11-30-17)19-26-22(3,12-31-19)21(29)25-18/h4,6,11,13-14,18,33H,5,7-10,12H2,1-3H3,(H,23,27)(H,25,29)/b6-4+/t14-,18+,22+/m1/s1. The van der Waals surface area contributed by atoms with Gasteiger partial charge in [0.25, 0.3) is 5.91 Å². The van der Waals surface area contributed by atoms with Gasteiger partial charge in [0.1, 0.15) is 25.0 Å². The third-order valence-electron chi connectivity index (χ3n) is 5.31. The normalized spacial score (nSPS) is 26.9. The summed E-state index contributed by atoms with van der Waals surface area (Å²) in [6.07, 6.45) is 5.45. The van der Waals surface area contributed by atoms with Crippen molar-refractivity contribution in [1.29, 1.82) is 0 Å². The van der Waals surface area contributed by atoms with Crippen LogP contribution in [0.5, 0.6) is 0 Å². The van der Waals surface area contributed by atoms with E-state index in [4.69, 9.17) is 13.9 Å². The summed E-state index contributed by atoms with van der Waals surface area (Å²) in [5.74, 6) is -0.417. The Balaban J connectivity index is 1.89. The van der Waals surface area contributed by atoms with Gasteiger partial charge < -0.3 is 24.5 Å². The predicted octanol–water partition coefficient (Wildman–Crippen LogP) is 1.55. The summed E-state index contributed by atoms with van der Waals surface area (Å²) in [6, 6.07) is -0.891. The number of fused-ring (bicyclic) bond motifs is 4. The smallest absolute Gasteiger partial charge is 0.329 e. The number of hydrogen-bond donors (Lipinski definition) is 3. The molecule has 11 heteroatoms. The lowest BCUT2D eigenvalue weighted by Gasteiger charge is -2.26. The minimum atomic E-state index is -1.24. The van der Waals surface area contributed by atoms with Gasteiger partial charge in [-0.05, 0) is 37.5 Å². The second kappa shape index (κ2) is 10.9. The first-order valence-corrected chi connectivity index (χ1v) is 11.6. The molecule has 10 nitrogen and oxygen atoms in total. The molecule has 3 rings (SSSR count). The Morgan fingerprint density at radius 3 is 2.85 bits per heavy atom. The van der Waals surface area contributed by atoms with E-state index in [0.29, 0.717) is 17.9 Å². The molecule has 33 heavy (non-hydrogen) atoms. The zero-order valence-corrected chi connectivity index (χ0v) is 19.9. The number of cyclic esters (lactones) is 1. The van der Waals surface area contributed by atoms with Crippen molar-refractivity contribution in [1.82, 2.24) is 15.6 Å². The molecule has 2 N–H and O–H groups in total. The van der Waals surface area contributed by atoms with Crippen molar-refractivity contribution in [3.05, 3.63) is 30.0 Å². The summed E-state index contributed by atoms with van der Waals surface area (Å²) in [5.41, 5.74) is -0.912. The van der Waals surface area contributed by atoms with Gasteiger partial charge in [-0.2, -0.15) is 12.6 Å². The maximum Gasteiger partial charge on any atom is 0.329 e. The SMILES string of the molecule is CC(C)[C@@H]1NC(=O)[C@]2(C)COC(=N2)c2coc(n2)CNC(=O)CC[C@@H](/C=C/CCS)OC1=O. The van der Waals surface area contributed by atoms with E-state index in [2.05, 4.69) is 33.2 Å². The van der Waals surface area contributed by atoms with Crippen LogP contribution in [0.1, 0.15) is 51.6 Å². The van der Waals surface area contributed by atoms with Crippen LogP contribution in [0.25, 0.3) is 0 Å². The molecule has 1 aromatic heterocycles. The maximum absolute atomic E-state index is 13.1. The van der Waals surface area contributed by atoms with Gasteiger partial charge in [0.15, 0.2) is 11.2 Å². The fraction of sp³-hybridized carbons (Fsp3) is 0.591. The lowest BCUT2D eigenvalue weighted by atomic mass is 10.00. The van der Waals surface area contributed by atoms with Crippen molar-refractivity contribution < 1.29 is 28.3 Å². The molecule has 1 aromatic rings. The Kier molecular flexibility index (Phi) is 8.17. The molecule has 180 valence electrons. The van der Waals surface area contributed by atoms with Gasteiger partial charge in [-0.15, -0.1) is 0 Å². The van der Waals surface area contributed by atoms with Crippen LogP contribution in [0.3, 0.4) is 0 Å². The Morgan fingerprint density at radius 2 is 2.12 bits per heavy atom. The Morgan fingerprint density at radius 1 is 1.33 bits per heavy atom. The van der Waals surface area contributed by atoms with Crippen LogP contribution < -0.4 is 10.6 Å². The van der Waals surface area contributed by atoms with Crippen molar-refractivity contribution in [2.75, 3.05) is 12.4 Å². The number of nitrogens with zero attached hydrogens (tertiary/aromatic N) is 2. The summed E-state index contributed by atoms with van der Waals surface area (Å²) in [6.45, 7) is 5.32. The minimum Gasteiger partial charge on any atom is -0.473 e. The van der Waals surface area contributed by atoms with Crippen molar-refractivity contribution in [3.63, 3.8) is 0 Å². The highest BCUT2D eigenvalue weighted by molar-refractivity contribution is 7.80. The lowest BCUT2D eigenvalue weighted by Crippen LogP contribution is -2.53. The number of nitrogens with one attached hydrogen (secondary N) is 2. The van der Waals surface area contributed by atoms with E-state index >= 15 is 0 Å².